The van der Waals surface area contributed by atoms with Gasteiger partial charge in [0.1, 0.15) is 6.04 Å². The molecule has 1 saturated heterocycles. The molecule has 7 heteroatoms. The first-order chi connectivity index (χ1) is 9.61. The van der Waals surface area contributed by atoms with Crippen molar-refractivity contribution in [2.75, 3.05) is 6.54 Å². The summed E-state index contributed by atoms with van der Waals surface area (Å²) in [4.78, 5) is 24.8. The third-order valence-corrected chi connectivity index (χ3v) is 3.74. The summed E-state index contributed by atoms with van der Waals surface area (Å²) in [5.74, 6) is -0.0407. The zero-order valence-electron chi connectivity index (χ0n) is 11.4. The molecule has 0 aromatic carbocycles. The summed E-state index contributed by atoms with van der Waals surface area (Å²) in [6, 6.07) is 0.532. The molecule has 0 aliphatic carbocycles. The SMILES string of the molecule is CCC1CCN(C(=O)NCc2ccno2)C(C(=O)O)C1. The zero-order chi connectivity index (χ0) is 14.5. The number of likely N-dealkylation sites (tertiary alicyclic amines) is 1. The van der Waals surface area contributed by atoms with Gasteiger partial charge in [-0.2, -0.15) is 0 Å². The van der Waals surface area contributed by atoms with Crippen LogP contribution >= 0.6 is 0 Å². The normalized spacial score (nSPS) is 22.6. The Morgan fingerprint density at radius 3 is 3.00 bits per heavy atom. The van der Waals surface area contributed by atoms with E-state index in [4.69, 9.17) is 4.52 Å². The van der Waals surface area contributed by atoms with Crippen molar-refractivity contribution in [2.45, 2.75) is 38.8 Å². The maximum absolute atomic E-state index is 12.1. The summed E-state index contributed by atoms with van der Waals surface area (Å²) in [6.07, 6.45) is 3.79. The smallest absolute Gasteiger partial charge is 0.326 e. The van der Waals surface area contributed by atoms with Gasteiger partial charge in [-0.1, -0.05) is 18.5 Å². The van der Waals surface area contributed by atoms with Crippen LogP contribution in [0.1, 0.15) is 31.9 Å². The predicted octanol–water partition coefficient (Wildman–Crippen LogP) is 1.46. The van der Waals surface area contributed by atoms with Crippen molar-refractivity contribution in [1.82, 2.24) is 15.4 Å². The number of urea groups is 1. The van der Waals surface area contributed by atoms with Crippen LogP contribution in [-0.4, -0.2) is 39.8 Å². The second-order valence-electron chi connectivity index (χ2n) is 4.98. The van der Waals surface area contributed by atoms with Crippen LogP contribution in [-0.2, 0) is 11.3 Å². The molecule has 1 aliphatic rings. The molecule has 2 heterocycles. The van der Waals surface area contributed by atoms with Crippen molar-refractivity contribution < 1.29 is 19.2 Å². The number of piperidine rings is 1. The van der Waals surface area contributed by atoms with Crippen LogP contribution in [0.3, 0.4) is 0 Å². The number of nitrogens with one attached hydrogen (secondary N) is 1. The molecular formula is C13H19N3O4. The fourth-order valence-corrected chi connectivity index (χ4v) is 2.48. The first kappa shape index (κ1) is 14.4. The highest BCUT2D eigenvalue weighted by Gasteiger charge is 2.35. The van der Waals surface area contributed by atoms with Crippen molar-refractivity contribution in [3.05, 3.63) is 18.0 Å². The maximum Gasteiger partial charge on any atom is 0.326 e. The van der Waals surface area contributed by atoms with Gasteiger partial charge in [0, 0.05) is 12.6 Å². The van der Waals surface area contributed by atoms with Crippen molar-refractivity contribution in [3.8, 4) is 0 Å². The minimum atomic E-state index is -0.946. The minimum Gasteiger partial charge on any atom is -0.480 e. The molecule has 0 spiro atoms. The monoisotopic (exact) mass is 281 g/mol. The van der Waals surface area contributed by atoms with Crippen molar-refractivity contribution in [1.29, 1.82) is 0 Å². The second kappa shape index (κ2) is 6.40. The van der Waals surface area contributed by atoms with Gasteiger partial charge in [0.25, 0.3) is 0 Å². The maximum atomic E-state index is 12.1. The lowest BCUT2D eigenvalue weighted by Crippen LogP contribution is -2.53. The third-order valence-electron chi connectivity index (χ3n) is 3.74. The van der Waals surface area contributed by atoms with Crippen LogP contribution < -0.4 is 5.32 Å². The molecular weight excluding hydrogens is 262 g/mol. The minimum absolute atomic E-state index is 0.207. The first-order valence-electron chi connectivity index (χ1n) is 6.78. The highest BCUT2D eigenvalue weighted by Crippen LogP contribution is 2.25. The Bertz CT molecular complexity index is 460. The number of carbonyl (C=O) groups is 2. The van der Waals surface area contributed by atoms with E-state index in [0.717, 1.165) is 12.8 Å². The summed E-state index contributed by atoms with van der Waals surface area (Å²) >= 11 is 0. The number of hydrogen-bond acceptors (Lipinski definition) is 4. The molecule has 2 unspecified atom stereocenters. The number of carboxylic acids is 1. The number of carbonyl (C=O) groups excluding carboxylic acids is 1. The molecule has 0 radical (unpaired) electrons. The largest absolute Gasteiger partial charge is 0.480 e. The van der Waals surface area contributed by atoms with Crippen molar-refractivity contribution in [3.63, 3.8) is 0 Å². The molecule has 0 bridgehead atoms. The number of amides is 2. The number of aliphatic carboxylic acids is 1. The van der Waals surface area contributed by atoms with E-state index in [1.165, 1.54) is 11.1 Å². The number of nitrogens with zero attached hydrogens (tertiary/aromatic N) is 2. The molecule has 2 amide bonds. The molecule has 0 saturated carbocycles. The lowest BCUT2D eigenvalue weighted by Gasteiger charge is -2.36. The van der Waals surface area contributed by atoms with Crippen LogP contribution in [0.15, 0.2) is 16.8 Å². The van der Waals surface area contributed by atoms with Crippen LogP contribution in [0.4, 0.5) is 4.79 Å². The fraction of sp³-hybridized carbons (Fsp3) is 0.615. The van der Waals surface area contributed by atoms with Gasteiger partial charge in [-0.25, -0.2) is 9.59 Å². The number of aromatic nitrogens is 1. The van der Waals surface area contributed by atoms with Crippen LogP contribution in [0.5, 0.6) is 0 Å². The predicted molar refractivity (Wildman–Crippen MR) is 69.9 cm³/mol. The Morgan fingerprint density at radius 2 is 2.40 bits per heavy atom. The van der Waals surface area contributed by atoms with E-state index in [1.54, 1.807) is 6.07 Å². The van der Waals surface area contributed by atoms with E-state index in [1.807, 2.05) is 6.92 Å². The molecule has 110 valence electrons. The highest BCUT2D eigenvalue weighted by molar-refractivity contribution is 5.82. The van der Waals surface area contributed by atoms with Gasteiger partial charge in [-0.05, 0) is 18.8 Å². The lowest BCUT2D eigenvalue weighted by atomic mass is 9.89. The number of carboxylic acid groups (broad SMARTS) is 1. The van der Waals surface area contributed by atoms with Crippen molar-refractivity contribution in [2.24, 2.45) is 5.92 Å². The van der Waals surface area contributed by atoms with Crippen molar-refractivity contribution >= 4 is 12.0 Å². The molecule has 2 atom stereocenters. The Morgan fingerprint density at radius 1 is 1.60 bits per heavy atom. The summed E-state index contributed by atoms with van der Waals surface area (Å²) in [5.41, 5.74) is 0. The summed E-state index contributed by atoms with van der Waals surface area (Å²) in [7, 11) is 0. The quantitative estimate of drug-likeness (QED) is 0.871. The molecule has 1 fully saturated rings. The lowest BCUT2D eigenvalue weighted by molar-refractivity contribution is -0.144. The van der Waals surface area contributed by atoms with Gasteiger partial charge in [0.05, 0.1) is 12.7 Å². The average Bonchev–Trinajstić information content (AvgIpc) is 2.97. The van der Waals surface area contributed by atoms with Gasteiger partial charge < -0.3 is 19.8 Å². The molecule has 7 nitrogen and oxygen atoms in total. The van der Waals surface area contributed by atoms with Crippen LogP contribution in [0.2, 0.25) is 0 Å². The Labute approximate surface area is 116 Å². The third kappa shape index (κ3) is 3.28. The Balaban J connectivity index is 1.94. The molecule has 1 aromatic rings. The van der Waals surface area contributed by atoms with E-state index in [9.17, 15) is 14.7 Å². The molecule has 2 rings (SSSR count). The standard InChI is InChI=1S/C13H19N3O4/c1-2-9-4-6-16(11(7-9)12(17)18)13(19)14-8-10-3-5-15-20-10/h3,5,9,11H,2,4,6-8H2,1H3,(H,14,19)(H,17,18). The number of rotatable bonds is 4. The highest BCUT2D eigenvalue weighted by atomic mass is 16.5. The van der Waals surface area contributed by atoms with Gasteiger partial charge >= 0.3 is 12.0 Å². The van der Waals surface area contributed by atoms with E-state index in [0.29, 0.717) is 24.6 Å². The topological polar surface area (TPSA) is 95.7 Å². The fourth-order valence-electron chi connectivity index (χ4n) is 2.48. The Hall–Kier alpha value is -2.05. The molecule has 1 aromatic heterocycles. The second-order valence-corrected chi connectivity index (χ2v) is 4.98. The zero-order valence-corrected chi connectivity index (χ0v) is 11.4. The summed E-state index contributed by atoms with van der Waals surface area (Å²) in [6.45, 7) is 2.72. The van der Waals surface area contributed by atoms with E-state index < -0.39 is 12.0 Å². The summed E-state index contributed by atoms with van der Waals surface area (Å²) in [5, 5.41) is 15.5. The average molecular weight is 281 g/mol. The molecule has 1 aliphatic heterocycles. The molecule has 20 heavy (non-hydrogen) atoms. The van der Waals surface area contributed by atoms with E-state index in [-0.39, 0.29) is 12.6 Å². The van der Waals surface area contributed by atoms with Crippen LogP contribution in [0, 0.1) is 5.92 Å². The van der Waals surface area contributed by atoms with Gasteiger partial charge in [0.2, 0.25) is 0 Å². The van der Waals surface area contributed by atoms with Gasteiger partial charge in [0.15, 0.2) is 5.76 Å². The van der Waals surface area contributed by atoms with E-state index >= 15 is 0 Å². The Kier molecular flexibility index (Phi) is 4.60. The summed E-state index contributed by atoms with van der Waals surface area (Å²) < 4.78 is 4.88. The van der Waals surface area contributed by atoms with Gasteiger partial charge in [-0.3, -0.25) is 0 Å². The van der Waals surface area contributed by atoms with Gasteiger partial charge in [-0.15, -0.1) is 0 Å². The first-order valence-corrected chi connectivity index (χ1v) is 6.78. The van der Waals surface area contributed by atoms with E-state index in [2.05, 4.69) is 10.5 Å². The molecule has 2 N–H and O–H groups in total. The van der Waals surface area contributed by atoms with Crippen LogP contribution in [0.25, 0.3) is 0 Å². The number of hydrogen-bond donors (Lipinski definition) is 2.